The summed E-state index contributed by atoms with van der Waals surface area (Å²) in [6, 6.07) is 5.80. The summed E-state index contributed by atoms with van der Waals surface area (Å²) in [5, 5.41) is 3.18. The van der Waals surface area contributed by atoms with Gasteiger partial charge in [0, 0.05) is 30.2 Å². The van der Waals surface area contributed by atoms with E-state index in [1.807, 2.05) is 13.8 Å². The van der Waals surface area contributed by atoms with Gasteiger partial charge in [0.2, 0.25) is 5.91 Å². The van der Waals surface area contributed by atoms with Gasteiger partial charge in [-0.1, -0.05) is 11.6 Å². The van der Waals surface area contributed by atoms with Gasteiger partial charge in [0.1, 0.15) is 5.75 Å². The lowest BCUT2D eigenvalue weighted by molar-refractivity contribution is -0.119. The van der Waals surface area contributed by atoms with E-state index in [4.69, 9.17) is 16.3 Å². The number of carbonyl (C=O) groups excluding carboxylic acids is 1. The van der Waals surface area contributed by atoms with Crippen LogP contribution in [0.2, 0.25) is 5.02 Å². The molecule has 0 spiro atoms. The summed E-state index contributed by atoms with van der Waals surface area (Å²) in [6.07, 6.45) is 0. The molecular formula is C16H23ClN2O4S. The molecule has 6 nitrogen and oxygen atoms in total. The summed E-state index contributed by atoms with van der Waals surface area (Å²) in [5.41, 5.74) is -0.260. The second-order valence-electron chi connectivity index (χ2n) is 6.40. The molecule has 1 aliphatic heterocycles. The quantitative estimate of drug-likeness (QED) is 0.813. The highest BCUT2D eigenvalue weighted by Crippen LogP contribution is 2.17. The van der Waals surface area contributed by atoms with Crippen molar-refractivity contribution in [2.45, 2.75) is 24.3 Å². The molecule has 1 aromatic carbocycles. The van der Waals surface area contributed by atoms with E-state index in [2.05, 4.69) is 10.2 Å². The number of halogens is 1. The highest BCUT2D eigenvalue weighted by Gasteiger charge is 2.29. The molecule has 0 saturated carbocycles. The van der Waals surface area contributed by atoms with E-state index in [-0.39, 0.29) is 10.4 Å². The predicted molar refractivity (Wildman–Crippen MR) is 93.0 cm³/mol. The topological polar surface area (TPSA) is 75.7 Å². The lowest BCUT2D eigenvalue weighted by Crippen LogP contribution is -2.55. The van der Waals surface area contributed by atoms with Crippen molar-refractivity contribution in [3.05, 3.63) is 29.3 Å². The summed E-state index contributed by atoms with van der Waals surface area (Å²) in [7, 11) is -3.67. The number of ether oxygens (including phenoxy) is 1. The summed E-state index contributed by atoms with van der Waals surface area (Å²) < 4.78 is 29.8. The Bertz CT molecular complexity index is 668. The van der Waals surface area contributed by atoms with E-state index in [9.17, 15) is 13.2 Å². The molecule has 1 aromatic rings. The third kappa shape index (κ3) is 5.17. The van der Waals surface area contributed by atoms with Gasteiger partial charge in [0.05, 0.1) is 18.1 Å². The van der Waals surface area contributed by atoms with Crippen molar-refractivity contribution in [1.82, 2.24) is 10.2 Å². The number of hydrogen-bond acceptors (Lipinski definition) is 5. The zero-order valence-electron chi connectivity index (χ0n) is 13.9. The van der Waals surface area contributed by atoms with E-state index < -0.39 is 21.5 Å². The second kappa shape index (κ2) is 7.82. The molecule has 0 bridgehead atoms. The van der Waals surface area contributed by atoms with Gasteiger partial charge in [-0.2, -0.15) is 0 Å². The molecule has 1 saturated heterocycles. The van der Waals surface area contributed by atoms with Crippen LogP contribution in [0.1, 0.15) is 13.8 Å². The predicted octanol–water partition coefficient (Wildman–Crippen LogP) is 1.34. The van der Waals surface area contributed by atoms with Crippen LogP contribution in [0.4, 0.5) is 0 Å². The normalized spacial score (nSPS) is 16.8. The molecule has 1 aliphatic rings. The van der Waals surface area contributed by atoms with Crippen LogP contribution in [0, 0.1) is 0 Å². The average molecular weight is 375 g/mol. The van der Waals surface area contributed by atoms with Gasteiger partial charge >= 0.3 is 0 Å². The van der Waals surface area contributed by atoms with Crippen LogP contribution >= 0.6 is 11.6 Å². The third-order valence-electron chi connectivity index (χ3n) is 4.08. The molecule has 2 rings (SSSR count). The maximum Gasteiger partial charge on any atom is 0.235 e. The Morgan fingerprint density at radius 2 is 1.83 bits per heavy atom. The first-order valence-corrected chi connectivity index (χ1v) is 9.81. The van der Waals surface area contributed by atoms with E-state index in [0.717, 1.165) is 13.1 Å². The molecule has 0 unspecified atom stereocenters. The summed E-state index contributed by atoms with van der Waals surface area (Å²) in [4.78, 5) is 14.4. The van der Waals surface area contributed by atoms with E-state index in [0.29, 0.717) is 24.8 Å². The van der Waals surface area contributed by atoms with Gasteiger partial charge in [0.15, 0.2) is 9.84 Å². The number of nitrogens with one attached hydrogen (secondary N) is 1. The van der Waals surface area contributed by atoms with Gasteiger partial charge in [-0.3, -0.25) is 9.69 Å². The van der Waals surface area contributed by atoms with Crippen molar-refractivity contribution in [2.24, 2.45) is 0 Å². The largest absolute Gasteiger partial charge is 0.379 e. The Kier molecular flexibility index (Phi) is 6.25. The molecule has 1 fully saturated rings. The zero-order chi connectivity index (χ0) is 17.8. The molecule has 24 heavy (non-hydrogen) atoms. The van der Waals surface area contributed by atoms with Gasteiger partial charge in [-0.15, -0.1) is 0 Å². The van der Waals surface area contributed by atoms with Crippen molar-refractivity contribution in [3.8, 4) is 0 Å². The lowest BCUT2D eigenvalue weighted by Gasteiger charge is -2.40. The van der Waals surface area contributed by atoms with Gasteiger partial charge in [0.25, 0.3) is 0 Å². The maximum absolute atomic E-state index is 12.2. The SMILES string of the molecule is CC(C)(CNC(=O)CS(=O)(=O)c1ccc(Cl)cc1)N1CCOCC1. The van der Waals surface area contributed by atoms with Gasteiger partial charge < -0.3 is 10.1 Å². The minimum Gasteiger partial charge on any atom is -0.379 e. The minimum atomic E-state index is -3.67. The Morgan fingerprint density at radius 3 is 2.42 bits per heavy atom. The fourth-order valence-corrected chi connectivity index (χ4v) is 3.83. The zero-order valence-corrected chi connectivity index (χ0v) is 15.5. The van der Waals surface area contributed by atoms with Crippen LogP contribution in [0.25, 0.3) is 0 Å². The molecule has 134 valence electrons. The number of amides is 1. The summed E-state index contributed by atoms with van der Waals surface area (Å²) in [5.74, 6) is -1.08. The summed E-state index contributed by atoms with van der Waals surface area (Å²) in [6.45, 7) is 7.35. The van der Waals surface area contributed by atoms with Crippen molar-refractivity contribution in [2.75, 3.05) is 38.6 Å². The van der Waals surface area contributed by atoms with Crippen LogP contribution in [-0.4, -0.2) is 63.4 Å². The Morgan fingerprint density at radius 1 is 1.25 bits per heavy atom. The standard InChI is InChI=1S/C16H23ClN2O4S/c1-16(2,19-7-9-23-10-8-19)12-18-15(20)11-24(21,22)14-5-3-13(17)4-6-14/h3-6H,7-12H2,1-2H3,(H,18,20). The molecule has 0 atom stereocenters. The van der Waals surface area contributed by atoms with Crippen molar-refractivity contribution >= 4 is 27.3 Å². The smallest absolute Gasteiger partial charge is 0.235 e. The molecule has 1 amide bonds. The molecule has 1 heterocycles. The number of hydrogen-bond donors (Lipinski definition) is 1. The van der Waals surface area contributed by atoms with Crippen LogP contribution in [0.15, 0.2) is 29.2 Å². The number of carbonyl (C=O) groups is 1. The van der Waals surface area contributed by atoms with Gasteiger partial charge in [-0.05, 0) is 38.1 Å². The van der Waals surface area contributed by atoms with E-state index >= 15 is 0 Å². The minimum absolute atomic E-state index is 0.0921. The number of morpholine rings is 1. The van der Waals surface area contributed by atoms with Crippen molar-refractivity contribution in [3.63, 3.8) is 0 Å². The lowest BCUT2D eigenvalue weighted by atomic mass is 10.0. The highest BCUT2D eigenvalue weighted by molar-refractivity contribution is 7.92. The first-order chi connectivity index (χ1) is 11.2. The first-order valence-electron chi connectivity index (χ1n) is 7.78. The molecule has 0 radical (unpaired) electrons. The van der Waals surface area contributed by atoms with Crippen LogP contribution in [0.3, 0.4) is 0 Å². The van der Waals surface area contributed by atoms with Gasteiger partial charge in [-0.25, -0.2) is 8.42 Å². The Hall–Kier alpha value is -1.15. The highest BCUT2D eigenvalue weighted by atomic mass is 35.5. The van der Waals surface area contributed by atoms with Crippen LogP contribution in [0.5, 0.6) is 0 Å². The first kappa shape index (κ1) is 19.2. The van der Waals surface area contributed by atoms with Crippen LogP contribution in [-0.2, 0) is 19.4 Å². The van der Waals surface area contributed by atoms with Crippen LogP contribution < -0.4 is 5.32 Å². The third-order valence-corrected chi connectivity index (χ3v) is 5.96. The molecule has 8 heteroatoms. The molecule has 1 N–H and O–H groups in total. The van der Waals surface area contributed by atoms with Crippen molar-refractivity contribution < 1.29 is 17.9 Å². The monoisotopic (exact) mass is 374 g/mol. The molecule has 0 aliphatic carbocycles. The van der Waals surface area contributed by atoms with Crippen molar-refractivity contribution in [1.29, 1.82) is 0 Å². The fourth-order valence-electron chi connectivity index (χ4n) is 2.54. The Labute approximate surface area is 148 Å². The number of rotatable bonds is 6. The summed E-state index contributed by atoms with van der Waals surface area (Å²) >= 11 is 5.75. The molecular weight excluding hydrogens is 352 g/mol. The fraction of sp³-hybridized carbons (Fsp3) is 0.562. The molecule has 0 aromatic heterocycles. The Balaban J connectivity index is 1.91. The second-order valence-corrected chi connectivity index (χ2v) is 8.83. The average Bonchev–Trinajstić information content (AvgIpc) is 2.54. The van der Waals surface area contributed by atoms with E-state index in [1.54, 1.807) is 0 Å². The number of sulfone groups is 1. The number of benzene rings is 1. The van der Waals surface area contributed by atoms with E-state index in [1.165, 1.54) is 24.3 Å². The maximum atomic E-state index is 12.2. The number of nitrogens with zero attached hydrogens (tertiary/aromatic N) is 1.